The number of carbonyl (C=O) groups is 1. The highest BCUT2D eigenvalue weighted by Crippen LogP contribution is 2.18. The van der Waals surface area contributed by atoms with Gasteiger partial charge in [-0.15, -0.1) is 0 Å². The minimum atomic E-state index is -0.0896. The maximum Gasteiger partial charge on any atom is 0.252 e. The van der Waals surface area contributed by atoms with Gasteiger partial charge in [0, 0.05) is 47.9 Å². The first-order valence-corrected chi connectivity index (χ1v) is 10.8. The molecule has 27 heavy (non-hydrogen) atoms. The van der Waals surface area contributed by atoms with Crippen LogP contribution in [0.1, 0.15) is 28.4 Å². The molecule has 1 heterocycles. The van der Waals surface area contributed by atoms with Crippen LogP contribution >= 0.6 is 34.2 Å². The largest absolute Gasteiger partial charge is 0.348 e. The van der Waals surface area contributed by atoms with E-state index in [1.54, 1.807) is 12.1 Å². The molecule has 1 aliphatic rings. The summed E-state index contributed by atoms with van der Waals surface area (Å²) in [7, 11) is 0. The van der Waals surface area contributed by atoms with Gasteiger partial charge in [0.2, 0.25) is 0 Å². The lowest BCUT2D eigenvalue weighted by atomic mass is 10.1. The van der Waals surface area contributed by atoms with Crippen LogP contribution in [-0.4, -0.2) is 48.4 Å². The van der Waals surface area contributed by atoms with E-state index in [4.69, 9.17) is 11.6 Å². The van der Waals surface area contributed by atoms with Crippen molar-refractivity contribution in [1.29, 1.82) is 0 Å². The molecule has 0 atom stereocenters. The number of carbonyl (C=O) groups excluding carboxylic acids is 1. The zero-order valence-corrected chi connectivity index (χ0v) is 18.5. The van der Waals surface area contributed by atoms with Crippen LogP contribution in [0.3, 0.4) is 0 Å². The quantitative estimate of drug-likeness (QED) is 0.613. The molecule has 0 spiro atoms. The van der Waals surface area contributed by atoms with Gasteiger partial charge in [0.25, 0.3) is 5.91 Å². The monoisotopic (exact) mass is 497 g/mol. The van der Waals surface area contributed by atoms with Crippen molar-refractivity contribution < 1.29 is 4.79 Å². The number of benzene rings is 2. The fourth-order valence-electron chi connectivity index (χ4n) is 3.33. The average Bonchev–Trinajstić information content (AvgIpc) is 2.69. The summed E-state index contributed by atoms with van der Waals surface area (Å²) in [6, 6.07) is 13.7. The molecule has 6 heteroatoms. The molecular formula is C21H25ClIN3O. The smallest absolute Gasteiger partial charge is 0.252 e. The number of nitrogens with one attached hydrogen (secondary N) is 1. The van der Waals surface area contributed by atoms with Crippen molar-refractivity contribution in [3.05, 3.63) is 67.7 Å². The van der Waals surface area contributed by atoms with Crippen LogP contribution in [0.2, 0.25) is 5.02 Å². The van der Waals surface area contributed by atoms with Crippen LogP contribution in [0.4, 0.5) is 0 Å². The fraction of sp³-hybridized carbons (Fsp3) is 0.381. The predicted molar refractivity (Wildman–Crippen MR) is 119 cm³/mol. The van der Waals surface area contributed by atoms with Crippen LogP contribution in [-0.2, 0) is 13.1 Å². The fourth-order valence-corrected chi connectivity index (χ4v) is 4.08. The Morgan fingerprint density at radius 1 is 1.07 bits per heavy atom. The Labute approximate surface area is 180 Å². The third kappa shape index (κ3) is 5.67. The van der Waals surface area contributed by atoms with Crippen LogP contribution in [0.5, 0.6) is 0 Å². The second-order valence-electron chi connectivity index (χ2n) is 6.79. The van der Waals surface area contributed by atoms with Crippen LogP contribution in [0.25, 0.3) is 0 Å². The highest BCUT2D eigenvalue weighted by atomic mass is 127. The first-order valence-electron chi connectivity index (χ1n) is 9.31. The lowest BCUT2D eigenvalue weighted by Crippen LogP contribution is -2.45. The number of rotatable bonds is 6. The van der Waals surface area contributed by atoms with Gasteiger partial charge in [-0.2, -0.15) is 0 Å². The first-order chi connectivity index (χ1) is 13.1. The molecule has 1 aliphatic heterocycles. The van der Waals surface area contributed by atoms with Gasteiger partial charge in [-0.3, -0.25) is 9.69 Å². The van der Waals surface area contributed by atoms with Gasteiger partial charge < -0.3 is 10.2 Å². The van der Waals surface area contributed by atoms with Crippen molar-refractivity contribution in [2.45, 2.75) is 20.0 Å². The van der Waals surface area contributed by atoms with Crippen molar-refractivity contribution in [1.82, 2.24) is 15.1 Å². The topological polar surface area (TPSA) is 35.6 Å². The number of hydrogen-bond donors (Lipinski definition) is 1. The normalized spacial score (nSPS) is 15.7. The summed E-state index contributed by atoms with van der Waals surface area (Å²) in [6.45, 7) is 9.23. The Hall–Kier alpha value is -1.15. The van der Waals surface area contributed by atoms with Crippen molar-refractivity contribution in [3.8, 4) is 0 Å². The highest BCUT2D eigenvalue weighted by Gasteiger charge is 2.17. The van der Waals surface area contributed by atoms with E-state index in [9.17, 15) is 4.79 Å². The maximum absolute atomic E-state index is 12.6. The first kappa shape index (κ1) is 20.6. The molecule has 1 fully saturated rings. The number of amides is 1. The minimum absolute atomic E-state index is 0.0896. The van der Waals surface area contributed by atoms with E-state index in [2.05, 4.69) is 62.8 Å². The van der Waals surface area contributed by atoms with E-state index in [1.807, 2.05) is 12.1 Å². The molecule has 0 bridgehead atoms. The summed E-state index contributed by atoms with van der Waals surface area (Å²) in [4.78, 5) is 17.5. The van der Waals surface area contributed by atoms with E-state index in [-0.39, 0.29) is 5.91 Å². The third-order valence-corrected chi connectivity index (χ3v) is 6.21. The van der Waals surface area contributed by atoms with E-state index >= 15 is 0 Å². The molecule has 1 N–H and O–H groups in total. The van der Waals surface area contributed by atoms with Crippen molar-refractivity contribution in [2.24, 2.45) is 0 Å². The Bertz CT molecular complexity index is 791. The number of halogens is 2. The number of hydrogen-bond acceptors (Lipinski definition) is 3. The number of likely N-dealkylation sites (N-methyl/N-ethyl adjacent to an activating group) is 1. The molecule has 1 saturated heterocycles. The van der Waals surface area contributed by atoms with E-state index < -0.39 is 0 Å². The summed E-state index contributed by atoms with van der Waals surface area (Å²) < 4.78 is 0.900. The summed E-state index contributed by atoms with van der Waals surface area (Å²) in [5.74, 6) is -0.0896. The lowest BCUT2D eigenvalue weighted by Gasteiger charge is -2.34. The molecule has 4 nitrogen and oxygen atoms in total. The highest BCUT2D eigenvalue weighted by molar-refractivity contribution is 14.1. The van der Waals surface area contributed by atoms with Gasteiger partial charge in [-0.05, 0) is 58.5 Å². The van der Waals surface area contributed by atoms with Gasteiger partial charge >= 0.3 is 0 Å². The summed E-state index contributed by atoms with van der Waals surface area (Å²) in [6.07, 6.45) is 0. The van der Waals surface area contributed by atoms with Crippen molar-refractivity contribution in [2.75, 3.05) is 32.7 Å². The molecule has 3 rings (SSSR count). The average molecular weight is 498 g/mol. The van der Waals surface area contributed by atoms with E-state index in [0.29, 0.717) is 17.1 Å². The Balaban J connectivity index is 1.62. The standard InChI is InChI=1S/C21H25ClIN3O/c1-2-25-9-11-26(12-10-25)15-17-6-4-3-5-16(17)14-24-21(27)19-13-18(22)7-8-20(19)23/h3-8,13H,2,9-12,14-15H2,1H3,(H,24,27). The third-order valence-electron chi connectivity index (χ3n) is 5.04. The molecule has 0 aromatic heterocycles. The predicted octanol–water partition coefficient (Wildman–Crippen LogP) is 4.01. The van der Waals surface area contributed by atoms with E-state index in [1.165, 1.54) is 11.1 Å². The molecule has 144 valence electrons. The van der Waals surface area contributed by atoms with Crippen LogP contribution in [0.15, 0.2) is 42.5 Å². The second-order valence-corrected chi connectivity index (χ2v) is 8.38. The summed E-state index contributed by atoms with van der Waals surface area (Å²) >= 11 is 8.20. The molecule has 1 amide bonds. The SMILES string of the molecule is CCN1CCN(Cc2ccccc2CNC(=O)c2cc(Cl)ccc2I)CC1. The Morgan fingerprint density at radius 3 is 2.44 bits per heavy atom. The van der Waals surface area contributed by atoms with Gasteiger partial charge in [0.05, 0.1) is 5.56 Å². The van der Waals surface area contributed by atoms with E-state index in [0.717, 1.165) is 42.8 Å². The van der Waals surface area contributed by atoms with Gasteiger partial charge in [0.1, 0.15) is 0 Å². The van der Waals surface area contributed by atoms with Crippen molar-refractivity contribution >= 4 is 40.1 Å². The van der Waals surface area contributed by atoms with Gasteiger partial charge in [-0.25, -0.2) is 0 Å². The van der Waals surface area contributed by atoms with Gasteiger partial charge in [-0.1, -0.05) is 42.8 Å². The molecule has 2 aromatic carbocycles. The molecule has 0 radical (unpaired) electrons. The molecule has 2 aromatic rings. The van der Waals surface area contributed by atoms with Crippen LogP contribution < -0.4 is 5.32 Å². The zero-order valence-electron chi connectivity index (χ0n) is 15.5. The Morgan fingerprint density at radius 2 is 1.74 bits per heavy atom. The number of piperazine rings is 1. The number of nitrogens with zero attached hydrogens (tertiary/aromatic N) is 2. The molecule has 0 aliphatic carbocycles. The maximum atomic E-state index is 12.6. The van der Waals surface area contributed by atoms with Gasteiger partial charge in [0.15, 0.2) is 0 Å². The lowest BCUT2D eigenvalue weighted by molar-refractivity contribution is 0.0949. The molecule has 0 unspecified atom stereocenters. The van der Waals surface area contributed by atoms with Crippen molar-refractivity contribution in [3.63, 3.8) is 0 Å². The zero-order chi connectivity index (χ0) is 19.2. The summed E-state index contributed by atoms with van der Waals surface area (Å²) in [5.41, 5.74) is 3.07. The molecule has 0 saturated carbocycles. The molecular weight excluding hydrogens is 473 g/mol. The second kappa shape index (κ2) is 9.87. The summed E-state index contributed by atoms with van der Waals surface area (Å²) in [5, 5.41) is 3.62. The minimum Gasteiger partial charge on any atom is -0.348 e. The van der Waals surface area contributed by atoms with Crippen LogP contribution in [0, 0.1) is 3.57 Å². The Kier molecular flexibility index (Phi) is 7.52.